The van der Waals surface area contributed by atoms with Crippen molar-refractivity contribution >= 4 is 17.6 Å². The minimum absolute atomic E-state index is 0.225. The van der Waals surface area contributed by atoms with Crippen molar-refractivity contribution in [1.82, 2.24) is 5.32 Å². The van der Waals surface area contributed by atoms with Crippen molar-refractivity contribution in [2.75, 3.05) is 25.2 Å². The van der Waals surface area contributed by atoms with Crippen LogP contribution < -0.4 is 15.0 Å². The molecular formula is C13H14N2O4. The molecule has 1 aromatic carbocycles. The number of carbonyl (C=O) groups excluding carboxylic acids is 2. The third-order valence-electron chi connectivity index (χ3n) is 3.51. The Bertz CT molecular complexity index is 537. The van der Waals surface area contributed by atoms with Crippen LogP contribution in [0.25, 0.3) is 0 Å². The van der Waals surface area contributed by atoms with Gasteiger partial charge in [0.25, 0.3) is 5.91 Å². The molecule has 3 rings (SSSR count). The number of hydrogen-bond donors (Lipinski definition) is 1. The number of urea groups is 1. The molecule has 3 amide bonds. The molecule has 1 atom stereocenters. The Kier molecular flexibility index (Phi) is 2.67. The summed E-state index contributed by atoms with van der Waals surface area (Å²) in [6, 6.07) is 6.51. The van der Waals surface area contributed by atoms with Crippen LogP contribution in [0, 0.1) is 0 Å². The van der Waals surface area contributed by atoms with Crippen LogP contribution in [0.4, 0.5) is 10.5 Å². The summed E-state index contributed by atoms with van der Waals surface area (Å²) in [7, 11) is 1.51. The SMILES string of the molecule is COc1ccccc1N1C(=O)NC2(CCOC2)C1=O. The first-order valence-electron chi connectivity index (χ1n) is 6.05. The topological polar surface area (TPSA) is 67.9 Å². The van der Waals surface area contributed by atoms with Crippen LogP contribution in [0.5, 0.6) is 5.75 Å². The van der Waals surface area contributed by atoms with Crippen molar-refractivity contribution in [2.24, 2.45) is 0 Å². The highest BCUT2D eigenvalue weighted by Gasteiger charge is 2.54. The second-order valence-electron chi connectivity index (χ2n) is 4.63. The molecule has 6 nitrogen and oxygen atoms in total. The molecule has 2 aliphatic heterocycles. The molecule has 2 heterocycles. The van der Waals surface area contributed by atoms with Crippen molar-refractivity contribution in [3.05, 3.63) is 24.3 Å². The molecule has 2 fully saturated rings. The van der Waals surface area contributed by atoms with Crippen LogP contribution in [0.2, 0.25) is 0 Å². The van der Waals surface area contributed by atoms with E-state index in [2.05, 4.69) is 5.32 Å². The monoisotopic (exact) mass is 262 g/mol. The third-order valence-corrected chi connectivity index (χ3v) is 3.51. The van der Waals surface area contributed by atoms with Crippen LogP contribution in [-0.4, -0.2) is 37.8 Å². The van der Waals surface area contributed by atoms with Gasteiger partial charge in [-0.15, -0.1) is 0 Å². The summed E-state index contributed by atoms with van der Waals surface area (Å²) >= 11 is 0. The van der Waals surface area contributed by atoms with Gasteiger partial charge in [-0.25, -0.2) is 9.69 Å². The van der Waals surface area contributed by atoms with Gasteiger partial charge in [-0.2, -0.15) is 0 Å². The fourth-order valence-electron chi connectivity index (χ4n) is 2.49. The van der Waals surface area contributed by atoms with Gasteiger partial charge in [-0.3, -0.25) is 4.79 Å². The second kappa shape index (κ2) is 4.24. The van der Waals surface area contributed by atoms with Gasteiger partial charge < -0.3 is 14.8 Å². The van der Waals surface area contributed by atoms with Gasteiger partial charge in [0, 0.05) is 13.0 Å². The third kappa shape index (κ3) is 1.67. The lowest BCUT2D eigenvalue weighted by Crippen LogP contribution is -2.47. The van der Waals surface area contributed by atoms with Crippen molar-refractivity contribution in [2.45, 2.75) is 12.0 Å². The standard InChI is InChI=1S/C13H14N2O4/c1-18-10-5-3-2-4-9(10)15-11(16)13(14-12(15)17)6-7-19-8-13/h2-5H,6-8H2,1H3,(H,14,17). The van der Waals surface area contributed by atoms with Crippen LogP contribution in [-0.2, 0) is 9.53 Å². The van der Waals surface area contributed by atoms with E-state index in [0.29, 0.717) is 24.5 Å². The molecule has 0 aliphatic carbocycles. The fraction of sp³-hybridized carbons (Fsp3) is 0.385. The first-order valence-corrected chi connectivity index (χ1v) is 6.05. The number of carbonyl (C=O) groups is 2. The Hall–Kier alpha value is -2.08. The Morgan fingerprint density at radius 3 is 2.84 bits per heavy atom. The molecule has 1 aromatic rings. The minimum Gasteiger partial charge on any atom is -0.495 e. The zero-order chi connectivity index (χ0) is 13.5. The van der Waals surface area contributed by atoms with Gasteiger partial charge in [-0.1, -0.05) is 12.1 Å². The predicted molar refractivity (Wildman–Crippen MR) is 67.2 cm³/mol. The largest absolute Gasteiger partial charge is 0.495 e. The maximum absolute atomic E-state index is 12.5. The van der Waals surface area contributed by atoms with Crippen molar-refractivity contribution < 1.29 is 19.1 Å². The van der Waals surface area contributed by atoms with Crippen LogP contribution in [0.15, 0.2) is 24.3 Å². The number of imide groups is 1. The van der Waals surface area contributed by atoms with Gasteiger partial charge in [0.2, 0.25) is 0 Å². The highest BCUT2D eigenvalue weighted by atomic mass is 16.5. The zero-order valence-electron chi connectivity index (χ0n) is 10.5. The van der Waals surface area contributed by atoms with E-state index in [1.807, 2.05) is 0 Å². The Labute approximate surface area is 110 Å². The lowest BCUT2D eigenvalue weighted by atomic mass is 9.99. The van der Waals surface area contributed by atoms with Crippen molar-refractivity contribution in [3.8, 4) is 5.75 Å². The number of hydrogen-bond acceptors (Lipinski definition) is 4. The van der Waals surface area contributed by atoms with E-state index in [1.54, 1.807) is 24.3 Å². The molecule has 19 heavy (non-hydrogen) atoms. The number of benzene rings is 1. The first kappa shape index (κ1) is 12.0. The van der Waals surface area contributed by atoms with E-state index >= 15 is 0 Å². The average Bonchev–Trinajstić information content (AvgIpc) is 2.97. The number of para-hydroxylation sites is 2. The Balaban J connectivity index is 2.01. The van der Waals surface area contributed by atoms with E-state index < -0.39 is 11.6 Å². The molecule has 6 heteroatoms. The number of nitrogens with one attached hydrogen (secondary N) is 1. The average molecular weight is 262 g/mol. The quantitative estimate of drug-likeness (QED) is 0.804. The van der Waals surface area contributed by atoms with Gasteiger partial charge in [0.1, 0.15) is 11.3 Å². The van der Waals surface area contributed by atoms with E-state index in [0.717, 1.165) is 4.90 Å². The number of anilines is 1. The summed E-state index contributed by atoms with van der Waals surface area (Å²) in [4.78, 5) is 25.7. The maximum Gasteiger partial charge on any atom is 0.329 e. The Morgan fingerprint density at radius 2 is 2.16 bits per heavy atom. The highest BCUT2D eigenvalue weighted by molar-refractivity contribution is 6.24. The molecule has 0 radical (unpaired) electrons. The fourth-order valence-corrected chi connectivity index (χ4v) is 2.49. The molecule has 0 aromatic heterocycles. The lowest BCUT2D eigenvalue weighted by Gasteiger charge is -2.19. The molecule has 1 spiro atoms. The number of methoxy groups -OCH3 is 1. The summed E-state index contributed by atoms with van der Waals surface area (Å²) in [5.41, 5.74) is -0.450. The molecule has 1 unspecified atom stereocenters. The summed E-state index contributed by atoms with van der Waals surface area (Å²) in [5, 5.41) is 2.74. The lowest BCUT2D eigenvalue weighted by molar-refractivity contribution is -0.122. The summed E-state index contributed by atoms with van der Waals surface area (Å²) < 4.78 is 10.4. The smallest absolute Gasteiger partial charge is 0.329 e. The molecule has 2 aliphatic rings. The normalized spacial score (nSPS) is 26.1. The van der Waals surface area contributed by atoms with Crippen LogP contribution in [0.1, 0.15) is 6.42 Å². The zero-order valence-corrected chi connectivity index (χ0v) is 10.5. The van der Waals surface area contributed by atoms with E-state index in [4.69, 9.17) is 9.47 Å². The van der Waals surface area contributed by atoms with Gasteiger partial charge >= 0.3 is 6.03 Å². The molecule has 0 bridgehead atoms. The predicted octanol–water partition coefficient (Wildman–Crippen LogP) is 0.910. The summed E-state index contributed by atoms with van der Waals surface area (Å²) in [5.74, 6) is 0.210. The van der Waals surface area contributed by atoms with E-state index in [1.165, 1.54) is 7.11 Å². The van der Waals surface area contributed by atoms with Gasteiger partial charge in [-0.05, 0) is 12.1 Å². The molecule has 0 saturated carbocycles. The van der Waals surface area contributed by atoms with Crippen LogP contribution in [0.3, 0.4) is 0 Å². The number of nitrogens with zero attached hydrogens (tertiary/aromatic N) is 1. The van der Waals surface area contributed by atoms with Crippen LogP contribution >= 0.6 is 0 Å². The maximum atomic E-state index is 12.5. The first-order chi connectivity index (χ1) is 9.18. The Morgan fingerprint density at radius 1 is 1.37 bits per heavy atom. The molecule has 100 valence electrons. The van der Waals surface area contributed by atoms with E-state index in [9.17, 15) is 9.59 Å². The molecule has 2 saturated heterocycles. The molecule has 1 N–H and O–H groups in total. The highest BCUT2D eigenvalue weighted by Crippen LogP contribution is 2.35. The van der Waals surface area contributed by atoms with Gasteiger partial charge in [0.05, 0.1) is 19.4 Å². The summed E-state index contributed by atoms with van der Waals surface area (Å²) in [6.07, 6.45) is 0.503. The number of amides is 3. The number of rotatable bonds is 2. The summed E-state index contributed by atoms with van der Waals surface area (Å²) in [6.45, 7) is 0.703. The second-order valence-corrected chi connectivity index (χ2v) is 4.63. The van der Waals surface area contributed by atoms with Crippen molar-refractivity contribution in [1.29, 1.82) is 0 Å². The minimum atomic E-state index is -0.905. The van der Waals surface area contributed by atoms with E-state index in [-0.39, 0.29) is 12.5 Å². The van der Waals surface area contributed by atoms with Gasteiger partial charge in [0.15, 0.2) is 0 Å². The number of ether oxygens (including phenoxy) is 2. The van der Waals surface area contributed by atoms with Crippen molar-refractivity contribution in [3.63, 3.8) is 0 Å². The molecular weight excluding hydrogens is 248 g/mol.